The van der Waals surface area contributed by atoms with Crippen LogP contribution in [0.25, 0.3) is 0 Å². The lowest BCUT2D eigenvalue weighted by Gasteiger charge is -2.26. The highest BCUT2D eigenvalue weighted by Gasteiger charge is 2.23. The van der Waals surface area contributed by atoms with E-state index in [4.69, 9.17) is 0 Å². The Morgan fingerprint density at radius 2 is 1.65 bits per heavy atom. The minimum atomic E-state index is 0.217. The van der Waals surface area contributed by atoms with E-state index in [1.807, 2.05) is 0 Å². The summed E-state index contributed by atoms with van der Waals surface area (Å²) in [6, 6.07) is 0.449. The summed E-state index contributed by atoms with van der Waals surface area (Å²) in [6.07, 6.45) is 11.2. The highest BCUT2D eigenvalue weighted by molar-refractivity contribution is 5.79. The molecule has 1 amide bonds. The lowest BCUT2D eigenvalue weighted by Crippen LogP contribution is -2.44. The minimum absolute atomic E-state index is 0.217. The van der Waals surface area contributed by atoms with Crippen molar-refractivity contribution in [2.45, 2.75) is 63.8 Å². The van der Waals surface area contributed by atoms with Crippen LogP contribution in [0.5, 0.6) is 0 Å². The molecule has 0 aromatic rings. The van der Waals surface area contributed by atoms with E-state index in [1.165, 1.54) is 44.9 Å². The van der Waals surface area contributed by atoms with Gasteiger partial charge in [0, 0.05) is 12.6 Å². The first-order valence-corrected chi connectivity index (χ1v) is 7.37. The maximum Gasteiger partial charge on any atom is 0.224 e. The van der Waals surface area contributed by atoms with Crippen LogP contribution in [0, 0.1) is 5.92 Å². The monoisotopic (exact) mass is 238 g/mol. The van der Waals surface area contributed by atoms with Gasteiger partial charge in [-0.3, -0.25) is 4.79 Å². The van der Waals surface area contributed by atoms with Crippen molar-refractivity contribution in [3.8, 4) is 0 Å². The summed E-state index contributed by atoms with van der Waals surface area (Å²) in [4.78, 5) is 12.1. The van der Waals surface area contributed by atoms with Gasteiger partial charge in [-0.15, -0.1) is 0 Å². The number of carbonyl (C=O) groups excluding carboxylic acids is 1. The number of nitrogens with one attached hydrogen (secondary N) is 2. The van der Waals surface area contributed by atoms with Gasteiger partial charge in [0.1, 0.15) is 0 Å². The van der Waals surface area contributed by atoms with Crippen molar-refractivity contribution in [2.75, 3.05) is 13.1 Å². The van der Waals surface area contributed by atoms with Crippen LogP contribution in [0.1, 0.15) is 57.8 Å². The fourth-order valence-electron chi connectivity index (χ4n) is 3.00. The van der Waals surface area contributed by atoms with Gasteiger partial charge in [0.15, 0.2) is 0 Å². The third-order valence-electron chi connectivity index (χ3n) is 4.12. The Bertz CT molecular complexity index is 228. The van der Waals surface area contributed by atoms with E-state index in [-0.39, 0.29) is 5.92 Å². The second kappa shape index (κ2) is 7.00. The van der Waals surface area contributed by atoms with Gasteiger partial charge < -0.3 is 10.6 Å². The van der Waals surface area contributed by atoms with E-state index in [1.54, 1.807) is 0 Å². The van der Waals surface area contributed by atoms with Crippen LogP contribution in [-0.4, -0.2) is 25.0 Å². The summed E-state index contributed by atoms with van der Waals surface area (Å²) in [5.41, 5.74) is 0. The van der Waals surface area contributed by atoms with Gasteiger partial charge in [0.25, 0.3) is 0 Å². The first-order valence-electron chi connectivity index (χ1n) is 7.37. The largest absolute Gasteiger partial charge is 0.353 e. The maximum atomic E-state index is 12.1. The van der Waals surface area contributed by atoms with Crippen LogP contribution in [0.15, 0.2) is 0 Å². The van der Waals surface area contributed by atoms with Gasteiger partial charge in [-0.05, 0) is 32.2 Å². The quantitative estimate of drug-likeness (QED) is 0.774. The minimum Gasteiger partial charge on any atom is -0.353 e. The predicted octanol–water partition coefficient (Wildman–Crippen LogP) is 2.22. The van der Waals surface area contributed by atoms with Crippen molar-refractivity contribution in [2.24, 2.45) is 5.92 Å². The molecule has 0 aromatic heterocycles. The molecule has 1 heterocycles. The highest BCUT2D eigenvalue weighted by Crippen LogP contribution is 2.18. The van der Waals surface area contributed by atoms with Gasteiger partial charge in [0.05, 0.1) is 5.92 Å². The molecule has 2 aliphatic rings. The van der Waals surface area contributed by atoms with Crippen LogP contribution >= 0.6 is 0 Å². The van der Waals surface area contributed by atoms with Gasteiger partial charge in [-0.25, -0.2) is 0 Å². The zero-order chi connectivity index (χ0) is 11.9. The Balaban J connectivity index is 1.75. The summed E-state index contributed by atoms with van der Waals surface area (Å²) in [5, 5.41) is 6.59. The first-order chi connectivity index (χ1) is 8.36. The SMILES string of the molecule is O=C(NC1CCCCCCC1)[C@@H]1CCCNC1. The number of carbonyl (C=O) groups is 1. The first kappa shape index (κ1) is 12.9. The number of rotatable bonds is 2. The van der Waals surface area contributed by atoms with Gasteiger partial charge in [-0.2, -0.15) is 0 Å². The Morgan fingerprint density at radius 1 is 0.941 bits per heavy atom. The molecule has 2 N–H and O–H groups in total. The van der Waals surface area contributed by atoms with Crippen molar-refractivity contribution in [1.29, 1.82) is 0 Å². The molecule has 2 fully saturated rings. The molecule has 98 valence electrons. The second-order valence-corrected chi connectivity index (χ2v) is 5.59. The zero-order valence-corrected chi connectivity index (χ0v) is 10.8. The fraction of sp³-hybridized carbons (Fsp3) is 0.929. The fourth-order valence-corrected chi connectivity index (χ4v) is 3.00. The van der Waals surface area contributed by atoms with Crippen molar-refractivity contribution in [3.05, 3.63) is 0 Å². The summed E-state index contributed by atoms with van der Waals surface area (Å²) in [5.74, 6) is 0.511. The molecule has 0 spiro atoms. The molecular weight excluding hydrogens is 212 g/mol. The van der Waals surface area contributed by atoms with Crippen LogP contribution in [0.3, 0.4) is 0 Å². The molecule has 1 atom stereocenters. The standard InChI is InChI=1S/C14H26N2O/c17-14(12-7-6-10-15-11-12)16-13-8-4-2-1-3-5-9-13/h12-13,15H,1-11H2,(H,16,17)/t12-/m1/s1. The van der Waals surface area contributed by atoms with Crippen LogP contribution < -0.4 is 10.6 Å². The Kier molecular flexibility index (Phi) is 5.30. The lowest BCUT2D eigenvalue weighted by atomic mass is 9.94. The second-order valence-electron chi connectivity index (χ2n) is 5.59. The van der Waals surface area contributed by atoms with Crippen molar-refractivity contribution in [3.63, 3.8) is 0 Å². The normalized spacial score (nSPS) is 28.1. The average molecular weight is 238 g/mol. The van der Waals surface area contributed by atoms with E-state index in [9.17, 15) is 4.79 Å². The average Bonchev–Trinajstić information content (AvgIpc) is 2.33. The number of hydrogen-bond acceptors (Lipinski definition) is 2. The summed E-state index contributed by atoms with van der Waals surface area (Å²) >= 11 is 0. The topological polar surface area (TPSA) is 41.1 Å². The molecule has 0 aromatic carbocycles. The highest BCUT2D eigenvalue weighted by atomic mass is 16.2. The Hall–Kier alpha value is -0.570. The lowest BCUT2D eigenvalue weighted by molar-refractivity contribution is -0.126. The molecule has 1 saturated carbocycles. The molecule has 0 radical (unpaired) electrons. The number of amides is 1. The molecule has 17 heavy (non-hydrogen) atoms. The van der Waals surface area contributed by atoms with Crippen molar-refractivity contribution < 1.29 is 4.79 Å². The molecule has 3 nitrogen and oxygen atoms in total. The van der Waals surface area contributed by atoms with E-state index in [0.29, 0.717) is 11.9 Å². The summed E-state index contributed by atoms with van der Waals surface area (Å²) < 4.78 is 0. The van der Waals surface area contributed by atoms with Gasteiger partial charge in [0.2, 0.25) is 5.91 Å². The molecular formula is C14H26N2O. The van der Waals surface area contributed by atoms with E-state index in [0.717, 1.165) is 25.9 Å². The van der Waals surface area contributed by atoms with E-state index < -0.39 is 0 Å². The molecule has 1 aliphatic carbocycles. The molecule has 3 heteroatoms. The molecule has 0 bridgehead atoms. The third-order valence-corrected chi connectivity index (χ3v) is 4.12. The van der Waals surface area contributed by atoms with Crippen LogP contribution in [0.4, 0.5) is 0 Å². The number of hydrogen-bond donors (Lipinski definition) is 2. The summed E-state index contributed by atoms with van der Waals surface area (Å²) in [7, 11) is 0. The van der Waals surface area contributed by atoms with E-state index >= 15 is 0 Å². The van der Waals surface area contributed by atoms with Gasteiger partial charge in [-0.1, -0.05) is 32.1 Å². The van der Waals surface area contributed by atoms with Crippen LogP contribution in [0.2, 0.25) is 0 Å². The molecule has 1 aliphatic heterocycles. The Morgan fingerprint density at radius 3 is 2.29 bits per heavy atom. The van der Waals surface area contributed by atoms with Crippen molar-refractivity contribution in [1.82, 2.24) is 10.6 Å². The van der Waals surface area contributed by atoms with Gasteiger partial charge >= 0.3 is 0 Å². The molecule has 1 saturated heterocycles. The molecule has 0 unspecified atom stereocenters. The summed E-state index contributed by atoms with van der Waals surface area (Å²) in [6.45, 7) is 1.95. The Labute approximate surface area is 105 Å². The predicted molar refractivity (Wildman–Crippen MR) is 69.8 cm³/mol. The third kappa shape index (κ3) is 4.30. The zero-order valence-electron chi connectivity index (χ0n) is 10.8. The molecule has 2 rings (SSSR count). The van der Waals surface area contributed by atoms with Crippen molar-refractivity contribution >= 4 is 5.91 Å². The maximum absolute atomic E-state index is 12.1. The van der Waals surface area contributed by atoms with E-state index in [2.05, 4.69) is 10.6 Å². The van der Waals surface area contributed by atoms with Crippen LogP contribution in [-0.2, 0) is 4.79 Å². The number of piperidine rings is 1. The smallest absolute Gasteiger partial charge is 0.224 e.